The van der Waals surface area contributed by atoms with Crippen molar-refractivity contribution in [3.63, 3.8) is 0 Å². The second-order valence-corrected chi connectivity index (χ2v) is 6.93. The van der Waals surface area contributed by atoms with Crippen LogP contribution < -0.4 is 10.2 Å². The van der Waals surface area contributed by atoms with Crippen molar-refractivity contribution in [1.82, 2.24) is 10.2 Å². The predicted octanol–water partition coefficient (Wildman–Crippen LogP) is 2.06. The number of ether oxygens (including phenoxy) is 1. The third-order valence-corrected chi connectivity index (χ3v) is 4.72. The molecule has 7 nitrogen and oxygen atoms in total. The van der Waals surface area contributed by atoms with Gasteiger partial charge in [0.2, 0.25) is 5.91 Å². The lowest BCUT2D eigenvalue weighted by atomic mass is 10.2. The summed E-state index contributed by atoms with van der Waals surface area (Å²) in [5.41, 5.74) is 1.86. The van der Waals surface area contributed by atoms with Gasteiger partial charge in [0.05, 0.1) is 0 Å². The number of piperazine rings is 1. The Bertz CT molecular complexity index is 905. The molecule has 0 aliphatic carbocycles. The van der Waals surface area contributed by atoms with Crippen molar-refractivity contribution in [1.29, 1.82) is 0 Å². The number of para-hydroxylation sites is 1. The smallest absolute Gasteiger partial charge is 0.355 e. The van der Waals surface area contributed by atoms with Gasteiger partial charge in [-0.15, -0.1) is 0 Å². The number of nitrogens with zero attached hydrogens (tertiary/aromatic N) is 2. The molecule has 0 aromatic heterocycles. The molecule has 1 N–H and O–H groups in total. The van der Waals surface area contributed by atoms with Crippen LogP contribution in [-0.4, -0.2) is 55.5 Å². The van der Waals surface area contributed by atoms with Crippen molar-refractivity contribution in [3.05, 3.63) is 71.9 Å². The van der Waals surface area contributed by atoms with Crippen LogP contribution in [0.5, 0.6) is 0 Å². The summed E-state index contributed by atoms with van der Waals surface area (Å²) in [4.78, 5) is 40.2. The van der Waals surface area contributed by atoms with Crippen LogP contribution in [0.15, 0.2) is 66.4 Å². The maximum Gasteiger partial charge on any atom is 0.355 e. The normalized spacial score (nSPS) is 14.2. The van der Waals surface area contributed by atoms with E-state index < -0.39 is 11.9 Å². The third kappa shape index (κ3) is 5.94. The van der Waals surface area contributed by atoms with Crippen LogP contribution >= 0.6 is 0 Å². The van der Waals surface area contributed by atoms with E-state index in [0.29, 0.717) is 13.1 Å². The Balaban J connectivity index is 1.53. The molecule has 3 rings (SSSR count). The third-order valence-electron chi connectivity index (χ3n) is 4.72. The summed E-state index contributed by atoms with van der Waals surface area (Å²) < 4.78 is 5.18. The Morgan fingerprint density at radius 2 is 1.53 bits per heavy atom. The van der Waals surface area contributed by atoms with Gasteiger partial charge >= 0.3 is 5.97 Å². The predicted molar refractivity (Wildman–Crippen MR) is 114 cm³/mol. The first-order valence-electron chi connectivity index (χ1n) is 9.82. The lowest BCUT2D eigenvalue weighted by molar-refractivity contribution is -0.149. The van der Waals surface area contributed by atoms with Gasteiger partial charge in [-0.3, -0.25) is 9.59 Å². The van der Waals surface area contributed by atoms with Gasteiger partial charge in [0.15, 0.2) is 6.61 Å². The van der Waals surface area contributed by atoms with E-state index in [1.165, 1.54) is 13.0 Å². The number of carbonyl (C=O) groups excluding carboxylic acids is 3. The fourth-order valence-electron chi connectivity index (χ4n) is 3.20. The number of anilines is 1. The van der Waals surface area contributed by atoms with Crippen LogP contribution in [0.3, 0.4) is 0 Å². The van der Waals surface area contributed by atoms with Crippen LogP contribution in [-0.2, 0) is 19.1 Å². The number of rotatable bonds is 6. The average Bonchev–Trinajstić information content (AvgIpc) is 2.78. The Kier molecular flexibility index (Phi) is 7.21. The molecular weight excluding hydrogens is 382 g/mol. The van der Waals surface area contributed by atoms with Crippen molar-refractivity contribution in [3.8, 4) is 0 Å². The van der Waals surface area contributed by atoms with Crippen LogP contribution in [0.2, 0.25) is 0 Å². The van der Waals surface area contributed by atoms with Crippen LogP contribution in [0.1, 0.15) is 12.5 Å². The number of hydrogen-bond acceptors (Lipinski definition) is 5. The number of esters is 1. The molecule has 1 aliphatic rings. The minimum atomic E-state index is -0.745. The topological polar surface area (TPSA) is 78.9 Å². The van der Waals surface area contributed by atoms with Crippen molar-refractivity contribution >= 4 is 29.5 Å². The van der Waals surface area contributed by atoms with Crippen molar-refractivity contribution in [2.24, 2.45) is 0 Å². The SMILES string of the molecule is CC(=O)NC(=Cc1ccccc1)C(=O)OCC(=O)N1CCN(c2ccccc2)CC1. The number of benzene rings is 2. The highest BCUT2D eigenvalue weighted by Crippen LogP contribution is 2.15. The Hall–Kier alpha value is -3.61. The minimum Gasteiger partial charge on any atom is -0.451 e. The number of nitrogens with one attached hydrogen (secondary N) is 1. The molecule has 2 aromatic carbocycles. The summed E-state index contributed by atoms with van der Waals surface area (Å²) in [6.07, 6.45) is 1.52. The molecule has 0 saturated carbocycles. The summed E-state index contributed by atoms with van der Waals surface area (Å²) in [5.74, 6) is -1.39. The zero-order valence-corrected chi connectivity index (χ0v) is 16.9. The standard InChI is InChI=1S/C23H25N3O4/c1-18(27)24-21(16-19-8-4-2-5-9-19)23(29)30-17-22(28)26-14-12-25(13-15-26)20-10-6-3-7-11-20/h2-11,16H,12-15,17H2,1H3,(H,24,27). The molecule has 1 heterocycles. The van der Waals surface area contributed by atoms with Gasteiger partial charge in [-0.25, -0.2) is 4.79 Å². The quantitative estimate of drug-likeness (QED) is 0.586. The highest BCUT2D eigenvalue weighted by atomic mass is 16.5. The minimum absolute atomic E-state index is 0.00426. The molecule has 0 unspecified atom stereocenters. The van der Waals surface area contributed by atoms with Gasteiger partial charge in [0.1, 0.15) is 5.70 Å². The van der Waals surface area contributed by atoms with Crippen molar-refractivity contribution in [2.75, 3.05) is 37.7 Å². The van der Waals surface area contributed by atoms with E-state index in [4.69, 9.17) is 4.74 Å². The summed E-state index contributed by atoms with van der Waals surface area (Å²) in [6, 6.07) is 19.1. The Labute approximate surface area is 175 Å². The van der Waals surface area contributed by atoms with Gasteiger partial charge < -0.3 is 19.9 Å². The molecule has 156 valence electrons. The molecular formula is C23H25N3O4. The lowest BCUT2D eigenvalue weighted by Crippen LogP contribution is -2.50. The van der Waals surface area contributed by atoms with Crippen molar-refractivity contribution in [2.45, 2.75) is 6.92 Å². The van der Waals surface area contributed by atoms with Crippen molar-refractivity contribution < 1.29 is 19.1 Å². The molecule has 30 heavy (non-hydrogen) atoms. The molecule has 0 bridgehead atoms. The number of hydrogen-bond donors (Lipinski definition) is 1. The zero-order valence-electron chi connectivity index (χ0n) is 16.9. The van der Waals surface area contributed by atoms with E-state index in [2.05, 4.69) is 10.2 Å². The fourth-order valence-corrected chi connectivity index (χ4v) is 3.20. The van der Waals surface area contributed by atoms with Crippen LogP contribution in [0.25, 0.3) is 6.08 Å². The highest BCUT2D eigenvalue weighted by Gasteiger charge is 2.23. The van der Waals surface area contributed by atoms with Gasteiger partial charge in [0.25, 0.3) is 5.91 Å². The molecule has 1 fully saturated rings. The van der Waals surface area contributed by atoms with E-state index in [9.17, 15) is 14.4 Å². The summed E-state index contributed by atoms with van der Waals surface area (Å²) >= 11 is 0. The molecule has 2 aromatic rings. The zero-order chi connectivity index (χ0) is 21.3. The summed E-state index contributed by atoms with van der Waals surface area (Å²) in [5, 5.41) is 2.47. The maximum absolute atomic E-state index is 12.5. The monoisotopic (exact) mass is 407 g/mol. The molecule has 7 heteroatoms. The van der Waals surface area contributed by atoms with Crippen LogP contribution in [0, 0.1) is 0 Å². The van der Waals surface area contributed by atoms with Gasteiger partial charge in [-0.05, 0) is 23.8 Å². The summed E-state index contributed by atoms with van der Waals surface area (Å²) in [7, 11) is 0. The van der Waals surface area contributed by atoms with Gasteiger partial charge in [-0.2, -0.15) is 0 Å². The van der Waals surface area contributed by atoms with E-state index in [1.807, 2.05) is 48.5 Å². The largest absolute Gasteiger partial charge is 0.451 e. The average molecular weight is 407 g/mol. The number of amides is 2. The second-order valence-electron chi connectivity index (χ2n) is 6.93. The van der Waals surface area contributed by atoms with Crippen LogP contribution in [0.4, 0.5) is 5.69 Å². The van der Waals surface area contributed by atoms with E-state index in [-0.39, 0.29) is 18.2 Å². The van der Waals surface area contributed by atoms with E-state index in [0.717, 1.165) is 24.3 Å². The lowest BCUT2D eigenvalue weighted by Gasteiger charge is -2.36. The second kappa shape index (κ2) is 10.2. The fraction of sp³-hybridized carbons (Fsp3) is 0.261. The molecule has 2 amide bonds. The molecule has 0 spiro atoms. The Morgan fingerprint density at radius 3 is 2.13 bits per heavy atom. The molecule has 0 radical (unpaired) electrons. The van der Waals surface area contributed by atoms with Gasteiger partial charge in [-0.1, -0.05) is 48.5 Å². The molecule has 1 saturated heterocycles. The first-order valence-corrected chi connectivity index (χ1v) is 9.82. The number of carbonyl (C=O) groups is 3. The molecule has 1 aliphatic heterocycles. The summed E-state index contributed by atoms with van der Waals surface area (Å²) in [6.45, 7) is 3.50. The first kappa shape index (κ1) is 21.1. The molecule has 0 atom stereocenters. The Morgan fingerprint density at radius 1 is 0.933 bits per heavy atom. The van der Waals surface area contributed by atoms with E-state index in [1.54, 1.807) is 17.0 Å². The van der Waals surface area contributed by atoms with E-state index >= 15 is 0 Å². The highest BCUT2D eigenvalue weighted by molar-refractivity contribution is 5.98. The maximum atomic E-state index is 12.5. The van der Waals surface area contributed by atoms with Gasteiger partial charge in [0, 0.05) is 38.8 Å². The first-order chi connectivity index (χ1) is 14.5.